The van der Waals surface area contributed by atoms with Gasteiger partial charge < -0.3 is 16.4 Å². The second-order valence-corrected chi connectivity index (χ2v) is 7.90. The quantitative estimate of drug-likeness (QED) is 0.249. The summed E-state index contributed by atoms with van der Waals surface area (Å²) in [6.45, 7) is 6.56. The highest BCUT2D eigenvalue weighted by atomic mass is 19.4. The molecule has 0 atom stereocenters. The third kappa shape index (κ3) is 6.15. The largest absolute Gasteiger partial charge is 0.416 e. The zero-order valence-corrected chi connectivity index (χ0v) is 18.5. The summed E-state index contributed by atoms with van der Waals surface area (Å²) in [5.41, 5.74) is 8.48. The van der Waals surface area contributed by atoms with Crippen LogP contribution in [0.2, 0.25) is 0 Å². The van der Waals surface area contributed by atoms with Crippen molar-refractivity contribution < 1.29 is 17.6 Å². The molecule has 1 aliphatic rings. The number of nitrogens with zero attached hydrogens (tertiary/aromatic N) is 1. The summed E-state index contributed by atoms with van der Waals surface area (Å²) in [5, 5.41) is 6.34. The fourth-order valence-electron chi connectivity index (χ4n) is 3.74. The molecule has 0 saturated heterocycles. The van der Waals surface area contributed by atoms with E-state index in [0.29, 0.717) is 47.9 Å². The van der Waals surface area contributed by atoms with Crippen molar-refractivity contribution in [2.24, 2.45) is 10.7 Å². The van der Waals surface area contributed by atoms with Crippen molar-refractivity contribution in [3.05, 3.63) is 82.8 Å². The molecule has 0 radical (unpaired) electrons. The van der Waals surface area contributed by atoms with E-state index in [1.807, 2.05) is 6.92 Å². The Hall–Kier alpha value is -3.29. The first kappa shape index (κ1) is 24.4. The molecule has 2 aromatic carbocycles. The third-order valence-corrected chi connectivity index (χ3v) is 5.42. The summed E-state index contributed by atoms with van der Waals surface area (Å²) in [7, 11) is 0. The van der Waals surface area contributed by atoms with Crippen LogP contribution >= 0.6 is 0 Å². The van der Waals surface area contributed by atoms with E-state index in [-0.39, 0.29) is 12.1 Å². The summed E-state index contributed by atoms with van der Waals surface area (Å²) in [4.78, 5) is 4.47. The van der Waals surface area contributed by atoms with Crippen LogP contribution in [0.4, 0.5) is 23.2 Å². The van der Waals surface area contributed by atoms with Gasteiger partial charge in [-0.15, -0.1) is 0 Å². The van der Waals surface area contributed by atoms with E-state index in [1.165, 1.54) is 24.3 Å². The Bertz CT molecular complexity index is 1070. The summed E-state index contributed by atoms with van der Waals surface area (Å²) < 4.78 is 54.2. The summed E-state index contributed by atoms with van der Waals surface area (Å²) >= 11 is 0. The average molecular weight is 461 g/mol. The molecule has 0 unspecified atom stereocenters. The van der Waals surface area contributed by atoms with Crippen LogP contribution in [-0.2, 0) is 12.7 Å². The highest BCUT2D eigenvalue weighted by molar-refractivity contribution is 6.04. The number of allylic oxidation sites excluding steroid dienone is 1. The molecule has 176 valence electrons. The Labute approximate surface area is 191 Å². The van der Waals surface area contributed by atoms with Crippen molar-refractivity contribution in [3.63, 3.8) is 0 Å². The number of aliphatic imine (C=N–C) groups is 1. The average Bonchev–Trinajstić information content (AvgIpc) is 3.20. The molecule has 4 N–H and O–H groups in total. The van der Waals surface area contributed by atoms with E-state index in [2.05, 4.69) is 22.2 Å². The van der Waals surface area contributed by atoms with E-state index in [9.17, 15) is 17.6 Å². The molecule has 0 fully saturated rings. The van der Waals surface area contributed by atoms with Gasteiger partial charge in [0.15, 0.2) is 0 Å². The van der Waals surface area contributed by atoms with Gasteiger partial charge in [0.05, 0.1) is 12.1 Å². The Balaban J connectivity index is 1.94. The fraction of sp³-hybridized carbons (Fsp3) is 0.320. The molecule has 0 aromatic heterocycles. The van der Waals surface area contributed by atoms with Crippen molar-refractivity contribution >= 4 is 17.2 Å². The lowest BCUT2D eigenvalue weighted by molar-refractivity contribution is -0.138. The number of nitrogens with one attached hydrogen (secondary N) is 2. The van der Waals surface area contributed by atoms with Crippen LogP contribution in [0.3, 0.4) is 0 Å². The second kappa shape index (κ2) is 10.6. The number of alkyl halides is 3. The minimum atomic E-state index is -4.48. The van der Waals surface area contributed by atoms with Crippen LogP contribution in [0.25, 0.3) is 5.70 Å². The van der Waals surface area contributed by atoms with Crippen LogP contribution < -0.4 is 16.4 Å². The van der Waals surface area contributed by atoms with Crippen LogP contribution in [0, 0.1) is 5.82 Å². The van der Waals surface area contributed by atoms with Crippen molar-refractivity contribution in [3.8, 4) is 0 Å². The van der Waals surface area contributed by atoms with E-state index in [4.69, 9.17) is 5.73 Å². The van der Waals surface area contributed by atoms with E-state index < -0.39 is 17.6 Å². The number of nitrogens with two attached hydrogens (primary N) is 1. The lowest BCUT2D eigenvalue weighted by atomic mass is 10.1. The number of benzene rings is 2. The molecule has 0 aliphatic heterocycles. The molecular weight excluding hydrogens is 432 g/mol. The van der Waals surface area contributed by atoms with E-state index in [1.54, 1.807) is 12.1 Å². The minimum absolute atomic E-state index is 0.0585. The maximum Gasteiger partial charge on any atom is 0.416 e. The monoisotopic (exact) mass is 460 g/mol. The molecular formula is C25H28F4N4. The van der Waals surface area contributed by atoms with Gasteiger partial charge in [-0.2, -0.15) is 13.2 Å². The Morgan fingerprint density at radius 2 is 1.91 bits per heavy atom. The van der Waals surface area contributed by atoms with Gasteiger partial charge in [0.1, 0.15) is 11.7 Å². The summed E-state index contributed by atoms with van der Waals surface area (Å²) in [5.74, 6) is -0.0649. The van der Waals surface area contributed by atoms with Gasteiger partial charge in [-0.05, 0) is 55.5 Å². The van der Waals surface area contributed by atoms with Crippen molar-refractivity contribution in [1.82, 2.24) is 5.32 Å². The van der Waals surface area contributed by atoms with E-state index >= 15 is 0 Å². The second-order valence-electron chi connectivity index (χ2n) is 7.90. The predicted molar refractivity (Wildman–Crippen MR) is 125 cm³/mol. The first-order valence-electron chi connectivity index (χ1n) is 10.9. The summed E-state index contributed by atoms with van der Waals surface area (Å²) in [6.07, 6.45) is -1.43. The zero-order valence-electron chi connectivity index (χ0n) is 18.5. The van der Waals surface area contributed by atoms with Gasteiger partial charge in [-0.3, -0.25) is 4.99 Å². The first-order valence-corrected chi connectivity index (χ1v) is 10.9. The molecule has 2 aromatic rings. The molecule has 33 heavy (non-hydrogen) atoms. The van der Waals surface area contributed by atoms with Gasteiger partial charge in [0.25, 0.3) is 0 Å². The number of amidine groups is 1. The summed E-state index contributed by atoms with van der Waals surface area (Å²) in [6, 6.07) is 9.69. The molecule has 1 aliphatic carbocycles. The molecule has 0 bridgehead atoms. The first-order chi connectivity index (χ1) is 15.7. The van der Waals surface area contributed by atoms with E-state index in [0.717, 1.165) is 24.5 Å². The Kier molecular flexibility index (Phi) is 7.79. The molecule has 0 heterocycles. The maximum atomic E-state index is 14.0. The Morgan fingerprint density at radius 3 is 2.58 bits per heavy atom. The van der Waals surface area contributed by atoms with Gasteiger partial charge in [0.2, 0.25) is 0 Å². The van der Waals surface area contributed by atoms with Crippen LogP contribution in [0.1, 0.15) is 49.3 Å². The maximum absolute atomic E-state index is 14.0. The zero-order chi connectivity index (χ0) is 24.0. The lowest BCUT2D eigenvalue weighted by Gasteiger charge is -2.18. The molecule has 0 spiro atoms. The SMILES string of the molecule is C=C(NC(=NCc1ccccc1C(F)(F)F)C1=C(N)CCC1)c1cc(F)ccc1NCCC. The van der Waals surface area contributed by atoms with Crippen LogP contribution in [0.15, 0.2) is 65.3 Å². The normalized spacial score (nSPS) is 14.5. The number of hydrogen-bond acceptors (Lipinski definition) is 3. The van der Waals surface area contributed by atoms with Crippen LogP contribution in [-0.4, -0.2) is 12.4 Å². The number of anilines is 1. The molecule has 4 nitrogen and oxygen atoms in total. The number of halogens is 4. The smallest absolute Gasteiger partial charge is 0.402 e. The molecule has 3 rings (SSSR count). The highest BCUT2D eigenvalue weighted by Gasteiger charge is 2.32. The van der Waals surface area contributed by atoms with Crippen molar-refractivity contribution in [1.29, 1.82) is 0 Å². The number of hydrogen-bond donors (Lipinski definition) is 3. The van der Waals surface area contributed by atoms with Gasteiger partial charge >= 0.3 is 6.18 Å². The topological polar surface area (TPSA) is 62.4 Å². The Morgan fingerprint density at radius 1 is 1.15 bits per heavy atom. The van der Waals surface area contributed by atoms with Gasteiger partial charge in [0, 0.05) is 34.8 Å². The van der Waals surface area contributed by atoms with Crippen LogP contribution in [0.5, 0.6) is 0 Å². The number of rotatable bonds is 8. The minimum Gasteiger partial charge on any atom is -0.402 e. The third-order valence-electron chi connectivity index (χ3n) is 5.42. The molecule has 8 heteroatoms. The lowest BCUT2D eigenvalue weighted by Crippen LogP contribution is -2.25. The van der Waals surface area contributed by atoms with Crippen molar-refractivity contribution in [2.45, 2.75) is 45.3 Å². The van der Waals surface area contributed by atoms with Crippen molar-refractivity contribution in [2.75, 3.05) is 11.9 Å². The standard InChI is InChI=1S/C25H28F4N4/c1-3-13-31-23-12-11-18(26)14-20(23)16(2)33-24(19-8-6-10-22(19)30)32-15-17-7-4-5-9-21(17)25(27,28)29/h4-5,7,9,11-12,14,31H,2-3,6,8,10,13,15,30H2,1H3,(H,32,33). The van der Waals surface area contributed by atoms with Gasteiger partial charge in [-0.25, -0.2) is 4.39 Å². The highest BCUT2D eigenvalue weighted by Crippen LogP contribution is 2.32. The fourth-order valence-corrected chi connectivity index (χ4v) is 3.74. The van der Waals surface area contributed by atoms with Gasteiger partial charge in [-0.1, -0.05) is 31.7 Å². The predicted octanol–water partition coefficient (Wildman–Crippen LogP) is 6.22. The molecule has 0 amide bonds. The molecule has 0 saturated carbocycles.